The maximum Gasteiger partial charge on any atom is 0.168 e. The average Bonchev–Trinajstić information content (AvgIpc) is 2.46. The molecule has 0 amide bonds. The summed E-state index contributed by atoms with van der Waals surface area (Å²) in [6.45, 7) is 5.82. The van der Waals surface area contributed by atoms with Gasteiger partial charge < -0.3 is 5.73 Å². The van der Waals surface area contributed by atoms with Crippen LogP contribution < -0.4 is 5.73 Å². The van der Waals surface area contributed by atoms with Crippen molar-refractivity contribution in [1.82, 2.24) is 14.8 Å². The Bertz CT molecular complexity index is 545. The molecule has 2 aromatic heterocycles. The molecule has 2 aromatic rings. The predicted octanol–water partition coefficient (Wildman–Crippen LogP) is 2.54. The zero-order valence-corrected chi connectivity index (χ0v) is 11.0. The smallest absolute Gasteiger partial charge is 0.168 e. The molecule has 0 aliphatic carbocycles. The third-order valence-corrected chi connectivity index (χ3v) is 3.09. The number of nitrogens with two attached hydrogens (primary N) is 1. The van der Waals surface area contributed by atoms with Gasteiger partial charge >= 0.3 is 0 Å². The average molecular weight is 281 g/mol. The molecule has 5 heteroatoms. The van der Waals surface area contributed by atoms with Gasteiger partial charge in [0.2, 0.25) is 0 Å². The van der Waals surface area contributed by atoms with Gasteiger partial charge in [-0.3, -0.25) is 0 Å². The second-order valence-corrected chi connectivity index (χ2v) is 4.67. The fourth-order valence-electron chi connectivity index (χ4n) is 1.54. The van der Waals surface area contributed by atoms with E-state index in [0.29, 0.717) is 5.69 Å². The van der Waals surface area contributed by atoms with Crippen LogP contribution in [-0.4, -0.2) is 14.8 Å². The van der Waals surface area contributed by atoms with E-state index in [1.54, 1.807) is 4.68 Å². The van der Waals surface area contributed by atoms with Gasteiger partial charge in [0.25, 0.3) is 0 Å². The van der Waals surface area contributed by atoms with Crippen LogP contribution in [0.3, 0.4) is 0 Å². The van der Waals surface area contributed by atoms with E-state index in [4.69, 9.17) is 5.73 Å². The first-order valence-corrected chi connectivity index (χ1v) is 5.74. The number of rotatable bonds is 1. The summed E-state index contributed by atoms with van der Waals surface area (Å²) in [5.74, 6) is 0.767. The highest BCUT2D eigenvalue weighted by Crippen LogP contribution is 2.24. The monoisotopic (exact) mass is 280 g/mol. The topological polar surface area (TPSA) is 56.7 Å². The minimum Gasteiger partial charge on any atom is -0.396 e. The number of hydrogen-bond donors (Lipinski definition) is 1. The van der Waals surface area contributed by atoms with Gasteiger partial charge in [-0.25, -0.2) is 9.67 Å². The van der Waals surface area contributed by atoms with Crippen LogP contribution in [0.15, 0.2) is 16.7 Å². The molecule has 0 saturated heterocycles. The number of pyridine rings is 1. The van der Waals surface area contributed by atoms with Crippen molar-refractivity contribution in [2.45, 2.75) is 20.8 Å². The predicted molar refractivity (Wildman–Crippen MR) is 67.7 cm³/mol. The van der Waals surface area contributed by atoms with Crippen LogP contribution in [-0.2, 0) is 0 Å². The van der Waals surface area contributed by atoms with Crippen molar-refractivity contribution in [3.05, 3.63) is 33.7 Å². The second-order valence-electron chi connectivity index (χ2n) is 3.81. The Morgan fingerprint density at radius 3 is 2.50 bits per heavy atom. The SMILES string of the molecule is Cc1cnc(-n2nc(C)c(N)c2C)c(Br)c1. The lowest BCUT2D eigenvalue weighted by Crippen LogP contribution is -2.03. The molecule has 16 heavy (non-hydrogen) atoms. The molecular formula is C11H13BrN4. The summed E-state index contributed by atoms with van der Waals surface area (Å²) in [7, 11) is 0. The van der Waals surface area contributed by atoms with Crippen molar-refractivity contribution in [3.8, 4) is 5.82 Å². The van der Waals surface area contributed by atoms with Crippen molar-refractivity contribution in [2.24, 2.45) is 0 Å². The summed E-state index contributed by atoms with van der Waals surface area (Å²) in [6, 6.07) is 2.01. The normalized spacial score (nSPS) is 10.8. The fourth-order valence-corrected chi connectivity index (χ4v) is 2.17. The van der Waals surface area contributed by atoms with E-state index in [9.17, 15) is 0 Å². The zero-order chi connectivity index (χ0) is 11.9. The number of anilines is 1. The first-order valence-electron chi connectivity index (χ1n) is 4.95. The third kappa shape index (κ3) is 1.71. The molecule has 0 aliphatic rings. The van der Waals surface area contributed by atoms with E-state index in [1.165, 1.54) is 0 Å². The van der Waals surface area contributed by atoms with Crippen LogP contribution in [0, 0.1) is 20.8 Å². The summed E-state index contributed by atoms with van der Waals surface area (Å²) in [4.78, 5) is 4.36. The number of halogens is 1. The highest BCUT2D eigenvalue weighted by molar-refractivity contribution is 9.10. The van der Waals surface area contributed by atoms with Crippen LogP contribution in [0.5, 0.6) is 0 Å². The number of nitrogens with zero attached hydrogens (tertiary/aromatic N) is 3. The Kier molecular flexibility index (Phi) is 2.71. The van der Waals surface area contributed by atoms with Gasteiger partial charge in [0.15, 0.2) is 5.82 Å². The molecule has 0 atom stereocenters. The molecule has 2 rings (SSSR count). The van der Waals surface area contributed by atoms with Gasteiger partial charge in [-0.1, -0.05) is 0 Å². The van der Waals surface area contributed by atoms with E-state index < -0.39 is 0 Å². The summed E-state index contributed by atoms with van der Waals surface area (Å²) >= 11 is 3.49. The van der Waals surface area contributed by atoms with E-state index >= 15 is 0 Å². The fraction of sp³-hybridized carbons (Fsp3) is 0.273. The van der Waals surface area contributed by atoms with Crippen LogP contribution in [0.25, 0.3) is 5.82 Å². The molecule has 2 heterocycles. The van der Waals surface area contributed by atoms with Crippen molar-refractivity contribution < 1.29 is 0 Å². The Labute approximate surface area is 103 Å². The van der Waals surface area contributed by atoms with Crippen LogP contribution in [0.2, 0.25) is 0 Å². The zero-order valence-electron chi connectivity index (χ0n) is 9.45. The molecule has 0 fully saturated rings. The molecular weight excluding hydrogens is 268 g/mol. The van der Waals surface area contributed by atoms with Gasteiger partial charge in [-0.05, 0) is 48.3 Å². The van der Waals surface area contributed by atoms with Crippen molar-refractivity contribution in [3.63, 3.8) is 0 Å². The maximum atomic E-state index is 5.89. The molecule has 0 unspecified atom stereocenters. The number of nitrogen functional groups attached to an aromatic ring is 1. The number of hydrogen-bond acceptors (Lipinski definition) is 3. The van der Waals surface area contributed by atoms with E-state index in [0.717, 1.165) is 27.2 Å². The summed E-state index contributed by atoms with van der Waals surface area (Å²) in [5.41, 5.74) is 9.45. The molecule has 0 saturated carbocycles. The van der Waals surface area contributed by atoms with Gasteiger partial charge in [0.1, 0.15) is 0 Å². The van der Waals surface area contributed by atoms with Crippen LogP contribution in [0.4, 0.5) is 5.69 Å². The third-order valence-electron chi connectivity index (χ3n) is 2.51. The molecule has 0 aromatic carbocycles. The largest absolute Gasteiger partial charge is 0.396 e. The number of aromatic nitrogens is 3. The molecule has 0 radical (unpaired) electrons. The first-order chi connectivity index (χ1) is 7.50. The lowest BCUT2D eigenvalue weighted by Gasteiger charge is -2.06. The maximum absolute atomic E-state index is 5.89. The summed E-state index contributed by atoms with van der Waals surface area (Å²) in [6.07, 6.45) is 1.81. The molecule has 0 aliphatic heterocycles. The molecule has 2 N–H and O–H groups in total. The van der Waals surface area contributed by atoms with E-state index in [1.807, 2.05) is 33.0 Å². The van der Waals surface area contributed by atoms with Gasteiger partial charge in [0, 0.05) is 6.20 Å². The minimum atomic E-state index is 0.717. The molecule has 4 nitrogen and oxygen atoms in total. The van der Waals surface area contributed by atoms with Gasteiger partial charge in [-0.15, -0.1) is 0 Å². The lowest BCUT2D eigenvalue weighted by atomic mass is 10.3. The Morgan fingerprint density at radius 2 is 2.00 bits per heavy atom. The Balaban J connectivity index is 2.63. The van der Waals surface area contributed by atoms with Crippen molar-refractivity contribution in [2.75, 3.05) is 5.73 Å². The lowest BCUT2D eigenvalue weighted by molar-refractivity contribution is 0.800. The van der Waals surface area contributed by atoms with Crippen molar-refractivity contribution in [1.29, 1.82) is 0 Å². The molecule has 84 valence electrons. The quantitative estimate of drug-likeness (QED) is 0.873. The number of aryl methyl sites for hydroxylation is 2. The van der Waals surface area contributed by atoms with Crippen LogP contribution in [0.1, 0.15) is 17.0 Å². The van der Waals surface area contributed by atoms with Gasteiger partial charge in [0.05, 0.1) is 21.5 Å². The molecule has 0 spiro atoms. The standard InChI is InChI=1S/C11H13BrN4/c1-6-4-9(12)11(14-5-6)16-8(3)10(13)7(2)15-16/h4-5H,13H2,1-3H3. The summed E-state index contributed by atoms with van der Waals surface area (Å²) < 4.78 is 2.67. The van der Waals surface area contributed by atoms with Gasteiger partial charge in [-0.2, -0.15) is 5.10 Å². The highest BCUT2D eigenvalue weighted by Gasteiger charge is 2.12. The summed E-state index contributed by atoms with van der Waals surface area (Å²) in [5, 5.41) is 4.37. The first kappa shape index (κ1) is 11.1. The minimum absolute atomic E-state index is 0.717. The highest BCUT2D eigenvalue weighted by atomic mass is 79.9. The second kappa shape index (κ2) is 3.90. The van der Waals surface area contributed by atoms with E-state index in [-0.39, 0.29) is 0 Å². The Hall–Kier alpha value is -1.36. The molecule has 0 bridgehead atoms. The van der Waals surface area contributed by atoms with Crippen LogP contribution >= 0.6 is 15.9 Å². The van der Waals surface area contributed by atoms with Crippen molar-refractivity contribution >= 4 is 21.6 Å². The van der Waals surface area contributed by atoms with E-state index in [2.05, 4.69) is 26.0 Å². The Morgan fingerprint density at radius 1 is 1.31 bits per heavy atom.